The second-order valence-electron chi connectivity index (χ2n) is 4.10. The van der Waals surface area contributed by atoms with Crippen LogP contribution < -0.4 is 5.32 Å². The molecule has 1 saturated heterocycles. The molecule has 1 aromatic carbocycles. The Labute approximate surface area is 105 Å². The van der Waals surface area contributed by atoms with Gasteiger partial charge in [0.1, 0.15) is 6.04 Å². The first-order valence-corrected chi connectivity index (χ1v) is 5.85. The van der Waals surface area contributed by atoms with Crippen molar-refractivity contribution in [3.8, 4) is 0 Å². The van der Waals surface area contributed by atoms with Crippen LogP contribution in [0.5, 0.6) is 0 Å². The van der Waals surface area contributed by atoms with Gasteiger partial charge in [0, 0.05) is 18.0 Å². The number of carboxylic acid groups (broad SMARTS) is 1. The first kappa shape index (κ1) is 12.4. The molecule has 1 fully saturated rings. The second-order valence-corrected chi connectivity index (χ2v) is 4.53. The lowest BCUT2D eigenvalue weighted by Gasteiger charge is -2.10. The maximum atomic E-state index is 10.7. The molecule has 1 heterocycles. The van der Waals surface area contributed by atoms with E-state index in [1.54, 1.807) is 0 Å². The molecule has 0 saturated carbocycles. The lowest BCUT2D eigenvalue weighted by Crippen LogP contribution is -2.29. The number of carbonyl (C=O) groups is 1. The highest BCUT2D eigenvalue weighted by Gasteiger charge is 2.29. The number of nitrogens with one attached hydrogen (secondary N) is 1. The van der Waals surface area contributed by atoms with Gasteiger partial charge < -0.3 is 15.2 Å². The minimum atomic E-state index is -0.821. The van der Waals surface area contributed by atoms with E-state index in [9.17, 15) is 4.79 Å². The molecule has 0 bridgehead atoms. The normalized spacial score (nSPS) is 23.8. The number of halogens is 1. The minimum absolute atomic E-state index is 0.0462. The van der Waals surface area contributed by atoms with E-state index in [-0.39, 0.29) is 6.10 Å². The lowest BCUT2D eigenvalue weighted by atomic mass is 10.2. The fraction of sp³-hybridized carbons (Fsp3) is 0.417. The van der Waals surface area contributed by atoms with E-state index in [1.807, 2.05) is 24.3 Å². The van der Waals surface area contributed by atoms with Gasteiger partial charge in [-0.25, -0.2) is 0 Å². The molecular weight excluding hydrogens is 242 g/mol. The topological polar surface area (TPSA) is 58.6 Å². The van der Waals surface area contributed by atoms with E-state index in [0.717, 1.165) is 5.56 Å². The lowest BCUT2D eigenvalue weighted by molar-refractivity contribution is -0.139. The van der Waals surface area contributed by atoms with Crippen molar-refractivity contribution < 1.29 is 14.6 Å². The van der Waals surface area contributed by atoms with Crippen molar-refractivity contribution in [3.63, 3.8) is 0 Å². The Hall–Kier alpha value is -1.10. The summed E-state index contributed by atoms with van der Waals surface area (Å²) in [7, 11) is 0. The zero-order valence-corrected chi connectivity index (χ0v) is 9.98. The molecule has 5 heteroatoms. The molecule has 0 amide bonds. The van der Waals surface area contributed by atoms with Gasteiger partial charge in [0.15, 0.2) is 0 Å². The number of aliphatic carboxylic acids is 1. The van der Waals surface area contributed by atoms with Crippen LogP contribution in [-0.4, -0.2) is 29.8 Å². The van der Waals surface area contributed by atoms with Crippen LogP contribution in [0.4, 0.5) is 0 Å². The van der Waals surface area contributed by atoms with Crippen molar-refractivity contribution >= 4 is 17.6 Å². The first-order valence-electron chi connectivity index (χ1n) is 5.47. The molecule has 0 radical (unpaired) electrons. The van der Waals surface area contributed by atoms with E-state index in [0.29, 0.717) is 24.6 Å². The SMILES string of the molecule is O=C(O)[C@@H]1C[C@@H](OCc2cccc(Cl)c2)CN1. The van der Waals surface area contributed by atoms with Gasteiger partial charge >= 0.3 is 5.97 Å². The standard InChI is InChI=1S/C12H14ClNO3/c13-9-3-1-2-8(4-9)7-17-10-5-11(12(15)16)14-6-10/h1-4,10-11,14H,5-7H2,(H,15,16)/t10-,11+/m1/s1. The van der Waals surface area contributed by atoms with Crippen LogP contribution in [0.25, 0.3) is 0 Å². The monoisotopic (exact) mass is 255 g/mol. The number of benzene rings is 1. The molecule has 92 valence electrons. The van der Waals surface area contributed by atoms with Crippen LogP contribution in [0.15, 0.2) is 24.3 Å². The zero-order valence-electron chi connectivity index (χ0n) is 9.23. The highest BCUT2D eigenvalue weighted by molar-refractivity contribution is 6.30. The quantitative estimate of drug-likeness (QED) is 0.859. The molecule has 0 aromatic heterocycles. The van der Waals surface area contributed by atoms with Crippen LogP contribution in [0.3, 0.4) is 0 Å². The summed E-state index contributed by atoms with van der Waals surface area (Å²) in [4.78, 5) is 10.7. The van der Waals surface area contributed by atoms with E-state index in [2.05, 4.69) is 5.32 Å². The molecule has 2 rings (SSSR count). The van der Waals surface area contributed by atoms with Gasteiger partial charge in [0.2, 0.25) is 0 Å². The summed E-state index contributed by atoms with van der Waals surface area (Å²) >= 11 is 5.86. The summed E-state index contributed by atoms with van der Waals surface area (Å²) in [5.41, 5.74) is 0.997. The van der Waals surface area contributed by atoms with Gasteiger partial charge in [-0.15, -0.1) is 0 Å². The average Bonchev–Trinajstić information content (AvgIpc) is 2.75. The Balaban J connectivity index is 1.82. The highest BCUT2D eigenvalue weighted by atomic mass is 35.5. The van der Waals surface area contributed by atoms with Crippen molar-refractivity contribution in [1.82, 2.24) is 5.32 Å². The summed E-state index contributed by atoms with van der Waals surface area (Å²) in [6.45, 7) is 1.04. The molecule has 0 spiro atoms. The van der Waals surface area contributed by atoms with E-state index < -0.39 is 12.0 Å². The molecule has 0 unspecified atom stereocenters. The third kappa shape index (κ3) is 3.43. The molecule has 4 nitrogen and oxygen atoms in total. The highest BCUT2D eigenvalue weighted by Crippen LogP contribution is 2.15. The molecule has 2 N–H and O–H groups in total. The fourth-order valence-electron chi connectivity index (χ4n) is 1.86. The smallest absolute Gasteiger partial charge is 0.320 e. The average molecular weight is 256 g/mol. The predicted octanol–water partition coefficient (Wildman–Crippen LogP) is 1.67. The molecule has 2 atom stereocenters. The summed E-state index contributed by atoms with van der Waals surface area (Å²) in [6, 6.07) is 6.97. The van der Waals surface area contributed by atoms with Crippen LogP contribution in [0, 0.1) is 0 Å². The minimum Gasteiger partial charge on any atom is -0.480 e. The number of rotatable bonds is 4. The Bertz CT molecular complexity index is 410. The fourth-order valence-corrected chi connectivity index (χ4v) is 2.07. The summed E-state index contributed by atoms with van der Waals surface area (Å²) < 4.78 is 5.64. The molecule has 1 aliphatic heterocycles. The number of carboxylic acids is 1. The van der Waals surface area contributed by atoms with Crippen LogP contribution in [0.2, 0.25) is 5.02 Å². The molecular formula is C12H14ClNO3. The molecule has 1 aliphatic rings. The van der Waals surface area contributed by atoms with Crippen LogP contribution in [0.1, 0.15) is 12.0 Å². The maximum absolute atomic E-state index is 10.7. The third-order valence-electron chi connectivity index (χ3n) is 2.76. The van der Waals surface area contributed by atoms with Crippen molar-refractivity contribution in [1.29, 1.82) is 0 Å². The van der Waals surface area contributed by atoms with Gasteiger partial charge in [-0.3, -0.25) is 4.79 Å². The number of hydrogen-bond donors (Lipinski definition) is 2. The van der Waals surface area contributed by atoms with Crippen molar-refractivity contribution in [2.45, 2.75) is 25.2 Å². The number of ether oxygens (including phenoxy) is 1. The van der Waals surface area contributed by atoms with E-state index in [1.165, 1.54) is 0 Å². The van der Waals surface area contributed by atoms with Gasteiger partial charge in [0.05, 0.1) is 12.7 Å². The largest absolute Gasteiger partial charge is 0.480 e. The van der Waals surface area contributed by atoms with Crippen molar-refractivity contribution in [2.24, 2.45) is 0 Å². The summed E-state index contributed by atoms with van der Waals surface area (Å²) in [6.07, 6.45) is 0.464. The number of hydrogen-bond acceptors (Lipinski definition) is 3. The van der Waals surface area contributed by atoms with E-state index in [4.69, 9.17) is 21.4 Å². The van der Waals surface area contributed by atoms with Gasteiger partial charge in [-0.1, -0.05) is 23.7 Å². The Morgan fingerprint density at radius 3 is 3.06 bits per heavy atom. The molecule has 1 aromatic rings. The van der Waals surface area contributed by atoms with Crippen molar-refractivity contribution in [3.05, 3.63) is 34.9 Å². The summed E-state index contributed by atoms with van der Waals surface area (Å²) in [5.74, 6) is -0.821. The maximum Gasteiger partial charge on any atom is 0.320 e. The van der Waals surface area contributed by atoms with Crippen molar-refractivity contribution in [2.75, 3.05) is 6.54 Å². The Kier molecular flexibility index (Phi) is 3.99. The molecule has 0 aliphatic carbocycles. The van der Waals surface area contributed by atoms with Gasteiger partial charge in [-0.2, -0.15) is 0 Å². The second kappa shape index (κ2) is 5.49. The van der Waals surface area contributed by atoms with Gasteiger partial charge in [-0.05, 0) is 17.7 Å². The third-order valence-corrected chi connectivity index (χ3v) is 3.00. The van der Waals surface area contributed by atoms with Crippen LogP contribution >= 0.6 is 11.6 Å². The molecule has 17 heavy (non-hydrogen) atoms. The summed E-state index contributed by atoms with van der Waals surface area (Å²) in [5, 5.41) is 12.4. The zero-order chi connectivity index (χ0) is 12.3. The van der Waals surface area contributed by atoms with Gasteiger partial charge in [0.25, 0.3) is 0 Å². The predicted molar refractivity (Wildman–Crippen MR) is 64.1 cm³/mol. The Morgan fingerprint density at radius 1 is 1.59 bits per heavy atom. The first-order chi connectivity index (χ1) is 8.15. The van der Waals surface area contributed by atoms with Crippen LogP contribution in [-0.2, 0) is 16.1 Å². The van der Waals surface area contributed by atoms with E-state index >= 15 is 0 Å². The Morgan fingerprint density at radius 2 is 2.41 bits per heavy atom.